The molecule has 3 nitrogen and oxygen atoms in total. The standard InChI is InChI=1S/C16H8F2N2OS2/c17-9-5-3-6-10(18)13(9)20-15(21)14-12(19-16(20)22)8-4-1-2-7-11(8)23-14/h1-7H,(H,19,22). The minimum atomic E-state index is -0.841. The maximum absolute atomic E-state index is 14.0. The number of benzene rings is 2. The van der Waals surface area contributed by atoms with E-state index in [1.807, 2.05) is 24.3 Å². The van der Waals surface area contributed by atoms with Crippen LogP contribution in [-0.2, 0) is 0 Å². The zero-order chi connectivity index (χ0) is 16.1. The van der Waals surface area contributed by atoms with Crippen LogP contribution in [0.2, 0.25) is 0 Å². The zero-order valence-corrected chi connectivity index (χ0v) is 13.1. The van der Waals surface area contributed by atoms with E-state index >= 15 is 0 Å². The number of nitrogens with zero attached hydrogens (tertiary/aromatic N) is 1. The lowest BCUT2D eigenvalue weighted by Gasteiger charge is -2.08. The summed E-state index contributed by atoms with van der Waals surface area (Å²) in [6, 6.07) is 10.9. The fourth-order valence-corrected chi connectivity index (χ4v) is 3.95. The highest BCUT2D eigenvalue weighted by Crippen LogP contribution is 2.30. The third kappa shape index (κ3) is 2.04. The van der Waals surface area contributed by atoms with Crippen molar-refractivity contribution in [3.05, 3.63) is 69.2 Å². The Balaban J connectivity index is 2.20. The summed E-state index contributed by atoms with van der Waals surface area (Å²) in [5, 5.41) is 0.858. The van der Waals surface area contributed by atoms with E-state index < -0.39 is 22.9 Å². The number of halogens is 2. The Morgan fingerprint density at radius 3 is 2.48 bits per heavy atom. The first kappa shape index (κ1) is 14.2. The lowest BCUT2D eigenvalue weighted by atomic mass is 10.2. The largest absolute Gasteiger partial charge is 0.330 e. The molecule has 0 aliphatic rings. The van der Waals surface area contributed by atoms with Gasteiger partial charge in [0, 0.05) is 10.1 Å². The van der Waals surface area contributed by atoms with Crippen molar-refractivity contribution in [2.75, 3.05) is 0 Å². The van der Waals surface area contributed by atoms with Crippen molar-refractivity contribution in [3.8, 4) is 5.69 Å². The van der Waals surface area contributed by atoms with Crippen LogP contribution in [0, 0.1) is 16.4 Å². The van der Waals surface area contributed by atoms with Crippen LogP contribution in [0.5, 0.6) is 0 Å². The monoisotopic (exact) mass is 346 g/mol. The third-order valence-corrected chi connectivity index (χ3v) is 5.03. The molecule has 0 aliphatic carbocycles. The second-order valence-corrected chi connectivity index (χ2v) is 6.38. The van der Waals surface area contributed by atoms with E-state index in [-0.39, 0.29) is 4.77 Å². The molecular formula is C16H8F2N2OS2. The smallest absolute Gasteiger partial charge is 0.277 e. The molecule has 0 unspecified atom stereocenters. The van der Waals surface area contributed by atoms with Crippen molar-refractivity contribution < 1.29 is 8.78 Å². The van der Waals surface area contributed by atoms with Crippen LogP contribution in [0.1, 0.15) is 0 Å². The average molecular weight is 346 g/mol. The summed E-state index contributed by atoms with van der Waals surface area (Å²) in [4.78, 5) is 15.7. The van der Waals surface area contributed by atoms with Gasteiger partial charge in [0.1, 0.15) is 22.0 Å². The summed E-state index contributed by atoms with van der Waals surface area (Å²) >= 11 is 6.44. The van der Waals surface area contributed by atoms with Gasteiger partial charge in [-0.05, 0) is 30.4 Å². The Morgan fingerprint density at radius 2 is 1.74 bits per heavy atom. The van der Waals surface area contributed by atoms with Crippen LogP contribution in [0.3, 0.4) is 0 Å². The molecule has 0 saturated carbocycles. The van der Waals surface area contributed by atoms with Gasteiger partial charge in [-0.15, -0.1) is 11.3 Å². The van der Waals surface area contributed by atoms with Gasteiger partial charge in [0.05, 0.1) is 5.52 Å². The molecule has 0 spiro atoms. The van der Waals surface area contributed by atoms with Crippen molar-refractivity contribution in [3.63, 3.8) is 0 Å². The van der Waals surface area contributed by atoms with Crippen molar-refractivity contribution in [2.45, 2.75) is 0 Å². The summed E-state index contributed by atoms with van der Waals surface area (Å²) in [6.45, 7) is 0. The van der Waals surface area contributed by atoms with Crippen LogP contribution in [0.4, 0.5) is 8.78 Å². The number of hydrogen-bond donors (Lipinski definition) is 1. The van der Waals surface area contributed by atoms with Crippen LogP contribution in [0.25, 0.3) is 26.0 Å². The predicted molar refractivity (Wildman–Crippen MR) is 90.0 cm³/mol. The van der Waals surface area contributed by atoms with Gasteiger partial charge in [-0.2, -0.15) is 0 Å². The predicted octanol–water partition coefficient (Wildman–Crippen LogP) is 4.54. The summed E-state index contributed by atoms with van der Waals surface area (Å²) in [5.74, 6) is -1.68. The normalized spacial score (nSPS) is 11.4. The number of nitrogens with one attached hydrogen (secondary N) is 1. The Bertz CT molecular complexity index is 1170. The van der Waals surface area contributed by atoms with E-state index in [1.165, 1.54) is 17.4 Å². The number of rotatable bonds is 1. The molecule has 0 saturated heterocycles. The maximum atomic E-state index is 14.0. The molecule has 1 N–H and O–H groups in total. The van der Waals surface area contributed by atoms with Crippen molar-refractivity contribution >= 4 is 43.9 Å². The van der Waals surface area contributed by atoms with Gasteiger partial charge in [0.2, 0.25) is 0 Å². The first-order chi connectivity index (χ1) is 11.1. The molecule has 0 amide bonds. The summed E-state index contributed by atoms with van der Waals surface area (Å²) in [7, 11) is 0. The molecule has 4 aromatic rings. The number of hydrogen-bond acceptors (Lipinski definition) is 3. The molecule has 23 heavy (non-hydrogen) atoms. The number of para-hydroxylation sites is 1. The van der Waals surface area contributed by atoms with Gasteiger partial charge in [-0.3, -0.25) is 4.79 Å². The molecule has 0 fully saturated rings. The molecule has 2 heterocycles. The van der Waals surface area contributed by atoms with Crippen LogP contribution >= 0.6 is 23.6 Å². The SMILES string of the molecule is O=c1c2sc3ccccc3c2[nH]c(=S)n1-c1c(F)cccc1F. The Labute approximate surface area is 137 Å². The van der Waals surface area contributed by atoms with Crippen LogP contribution in [-0.4, -0.2) is 9.55 Å². The van der Waals surface area contributed by atoms with Gasteiger partial charge in [0.15, 0.2) is 4.77 Å². The molecule has 0 atom stereocenters. The molecule has 114 valence electrons. The van der Waals surface area contributed by atoms with Gasteiger partial charge in [-0.25, -0.2) is 13.3 Å². The number of H-pyrrole nitrogens is 1. The van der Waals surface area contributed by atoms with E-state index in [4.69, 9.17) is 12.2 Å². The molecule has 4 rings (SSSR count). The van der Waals surface area contributed by atoms with E-state index in [0.717, 1.165) is 26.8 Å². The van der Waals surface area contributed by atoms with E-state index in [1.54, 1.807) is 0 Å². The molecule has 0 bridgehead atoms. The Morgan fingerprint density at radius 1 is 1.04 bits per heavy atom. The van der Waals surface area contributed by atoms with Crippen molar-refractivity contribution in [1.82, 2.24) is 9.55 Å². The van der Waals surface area contributed by atoms with E-state index in [0.29, 0.717) is 10.2 Å². The zero-order valence-electron chi connectivity index (χ0n) is 11.5. The first-order valence-electron chi connectivity index (χ1n) is 6.69. The highest BCUT2D eigenvalue weighted by Gasteiger charge is 2.17. The Kier molecular flexibility index (Phi) is 3.14. The second-order valence-electron chi connectivity index (χ2n) is 4.94. The Hall–Kier alpha value is -2.38. The quantitative estimate of drug-likeness (QED) is 0.514. The fraction of sp³-hybridized carbons (Fsp3) is 0. The van der Waals surface area contributed by atoms with Gasteiger partial charge < -0.3 is 4.98 Å². The van der Waals surface area contributed by atoms with Gasteiger partial charge in [0.25, 0.3) is 5.56 Å². The number of aromatic nitrogens is 2. The van der Waals surface area contributed by atoms with Gasteiger partial charge in [-0.1, -0.05) is 24.3 Å². The molecule has 7 heteroatoms. The minimum absolute atomic E-state index is 0.0462. The highest BCUT2D eigenvalue weighted by atomic mass is 32.1. The lowest BCUT2D eigenvalue weighted by Crippen LogP contribution is -2.21. The van der Waals surface area contributed by atoms with E-state index in [9.17, 15) is 13.6 Å². The van der Waals surface area contributed by atoms with Crippen molar-refractivity contribution in [1.29, 1.82) is 0 Å². The number of aromatic amines is 1. The van der Waals surface area contributed by atoms with Crippen molar-refractivity contribution in [2.24, 2.45) is 0 Å². The third-order valence-electron chi connectivity index (χ3n) is 3.59. The lowest BCUT2D eigenvalue weighted by molar-refractivity contribution is 0.565. The molecule has 0 radical (unpaired) electrons. The molecular weight excluding hydrogens is 338 g/mol. The fourth-order valence-electron chi connectivity index (χ4n) is 2.58. The van der Waals surface area contributed by atoms with E-state index in [2.05, 4.69) is 4.98 Å². The number of thiophene rings is 1. The molecule has 0 aliphatic heterocycles. The maximum Gasteiger partial charge on any atom is 0.277 e. The molecule has 2 aromatic heterocycles. The molecule has 2 aromatic carbocycles. The highest BCUT2D eigenvalue weighted by molar-refractivity contribution is 7.71. The minimum Gasteiger partial charge on any atom is -0.330 e. The summed E-state index contributed by atoms with van der Waals surface area (Å²) in [6.07, 6.45) is 0. The van der Waals surface area contributed by atoms with Gasteiger partial charge >= 0.3 is 0 Å². The average Bonchev–Trinajstić information content (AvgIpc) is 2.89. The first-order valence-corrected chi connectivity index (χ1v) is 7.91. The number of fused-ring (bicyclic) bond motifs is 3. The topological polar surface area (TPSA) is 37.8 Å². The summed E-state index contributed by atoms with van der Waals surface area (Å²) < 4.78 is 30.2. The summed E-state index contributed by atoms with van der Waals surface area (Å²) in [5.41, 5.74) is -0.402. The second kappa shape index (κ2) is 5.07. The van der Waals surface area contributed by atoms with Crippen LogP contribution in [0.15, 0.2) is 47.3 Å². The van der Waals surface area contributed by atoms with Crippen LogP contribution < -0.4 is 5.56 Å².